The Morgan fingerprint density at radius 3 is 2.54 bits per heavy atom. The van der Waals surface area contributed by atoms with Crippen LogP contribution in [0.5, 0.6) is 0 Å². The molecule has 5 heteroatoms. The van der Waals surface area contributed by atoms with Gasteiger partial charge >= 0.3 is 0 Å². The van der Waals surface area contributed by atoms with Gasteiger partial charge in [0, 0.05) is 17.6 Å². The van der Waals surface area contributed by atoms with E-state index in [-0.39, 0.29) is 0 Å². The minimum absolute atomic E-state index is 0.384. The summed E-state index contributed by atoms with van der Waals surface area (Å²) in [5, 5.41) is 0. The van der Waals surface area contributed by atoms with Crippen molar-refractivity contribution in [1.29, 1.82) is 0 Å². The molecule has 1 unspecified atom stereocenters. The third-order valence-corrected chi connectivity index (χ3v) is 6.21. The number of carbonyl (C=O) groups is 1. The molecule has 0 spiro atoms. The number of benzene rings is 2. The second-order valence-corrected chi connectivity index (χ2v) is 7.91. The van der Waals surface area contributed by atoms with Gasteiger partial charge in [-0.25, -0.2) is 4.98 Å². The van der Waals surface area contributed by atoms with Gasteiger partial charge in [-0.05, 0) is 44.5 Å². The van der Waals surface area contributed by atoms with Crippen LogP contribution in [0.4, 0.5) is 0 Å². The summed E-state index contributed by atoms with van der Waals surface area (Å²) in [7, 11) is 2.25. The normalized spacial score (nSPS) is 16.5. The van der Waals surface area contributed by atoms with Crippen LogP contribution in [0.2, 0.25) is 0 Å². The number of carbonyl (C=O) groups excluding carboxylic acids is 1. The van der Waals surface area contributed by atoms with Gasteiger partial charge in [0.15, 0.2) is 0 Å². The summed E-state index contributed by atoms with van der Waals surface area (Å²) in [6, 6.07) is 15.1. The van der Waals surface area contributed by atoms with Crippen LogP contribution >= 0.6 is 0 Å². The number of rotatable bonds is 5. The zero-order valence-corrected chi connectivity index (χ0v) is 16.6. The van der Waals surface area contributed by atoms with Crippen LogP contribution in [0.1, 0.15) is 61.0 Å². The fourth-order valence-corrected chi connectivity index (χ4v) is 4.33. The fraction of sp³-hybridized carbons (Fsp3) is 0.391. The van der Waals surface area contributed by atoms with Gasteiger partial charge in [0.1, 0.15) is 11.3 Å². The first-order chi connectivity index (χ1) is 13.5. The van der Waals surface area contributed by atoms with Crippen LogP contribution in [0.3, 0.4) is 0 Å². The Kier molecular flexibility index (Phi) is 5.18. The monoisotopic (exact) mass is 376 g/mol. The molecule has 1 aliphatic carbocycles. The highest BCUT2D eigenvalue weighted by Crippen LogP contribution is 2.30. The minimum Gasteiger partial charge on any atom is -0.366 e. The molecule has 0 radical (unpaired) electrons. The molecule has 4 rings (SSSR count). The molecule has 0 aliphatic heterocycles. The molecule has 5 nitrogen and oxygen atoms in total. The molecular weight excluding hydrogens is 348 g/mol. The highest BCUT2D eigenvalue weighted by molar-refractivity contribution is 6.04. The molecule has 1 atom stereocenters. The van der Waals surface area contributed by atoms with E-state index in [1.165, 1.54) is 37.7 Å². The van der Waals surface area contributed by atoms with E-state index in [4.69, 9.17) is 5.73 Å². The number of fused-ring (bicyclic) bond motifs is 1. The highest BCUT2D eigenvalue weighted by Gasteiger charge is 2.23. The van der Waals surface area contributed by atoms with Crippen LogP contribution in [-0.4, -0.2) is 33.9 Å². The summed E-state index contributed by atoms with van der Waals surface area (Å²) in [6.45, 7) is 2.28. The van der Waals surface area contributed by atoms with Crippen LogP contribution in [0, 0.1) is 0 Å². The van der Waals surface area contributed by atoms with Crippen molar-refractivity contribution in [2.45, 2.75) is 51.1 Å². The van der Waals surface area contributed by atoms with Gasteiger partial charge in [-0.2, -0.15) is 0 Å². The molecule has 3 N–H and O–H groups in total. The van der Waals surface area contributed by atoms with E-state index in [0.717, 1.165) is 16.9 Å². The van der Waals surface area contributed by atoms with E-state index in [1.807, 2.05) is 12.1 Å². The van der Waals surface area contributed by atoms with Crippen molar-refractivity contribution in [2.24, 2.45) is 5.73 Å². The van der Waals surface area contributed by atoms with E-state index >= 15 is 0 Å². The number of nitrogens with two attached hydrogens (primary N) is 1. The third-order valence-electron chi connectivity index (χ3n) is 6.21. The molecule has 146 valence electrons. The van der Waals surface area contributed by atoms with Crippen molar-refractivity contribution in [3.8, 4) is 11.4 Å². The second-order valence-electron chi connectivity index (χ2n) is 7.91. The lowest BCUT2D eigenvalue weighted by Gasteiger charge is -2.35. The molecule has 1 saturated carbocycles. The maximum absolute atomic E-state index is 11.6. The molecule has 1 heterocycles. The largest absolute Gasteiger partial charge is 0.366 e. The van der Waals surface area contributed by atoms with E-state index < -0.39 is 5.91 Å². The number of amides is 1. The average Bonchev–Trinajstić information content (AvgIpc) is 3.17. The van der Waals surface area contributed by atoms with E-state index in [1.54, 1.807) is 6.07 Å². The fourth-order valence-electron chi connectivity index (χ4n) is 4.33. The lowest BCUT2D eigenvalue weighted by Crippen LogP contribution is -2.35. The molecule has 28 heavy (non-hydrogen) atoms. The van der Waals surface area contributed by atoms with Gasteiger partial charge in [0.25, 0.3) is 5.91 Å². The molecule has 0 bridgehead atoms. The number of nitrogens with one attached hydrogen (secondary N) is 1. The number of primary amides is 1. The summed E-state index contributed by atoms with van der Waals surface area (Å²) in [5.74, 6) is 0.294. The number of aromatic nitrogens is 2. The standard InChI is InChI=1S/C23H28N4O/c1-15(27(2)18-7-4-3-5-8-18)16-11-13-17(14-12-16)23-25-20-10-6-9-19(22(24)28)21(20)26-23/h6,9-15,18H,3-5,7-8H2,1-2H3,(H2,24,28)(H,25,26). The first-order valence-electron chi connectivity index (χ1n) is 10.2. The predicted molar refractivity (Wildman–Crippen MR) is 113 cm³/mol. The number of H-pyrrole nitrogens is 1. The van der Waals surface area contributed by atoms with E-state index in [2.05, 4.69) is 53.1 Å². The van der Waals surface area contributed by atoms with Crippen molar-refractivity contribution in [3.05, 3.63) is 53.6 Å². The van der Waals surface area contributed by atoms with Crippen molar-refractivity contribution in [3.63, 3.8) is 0 Å². The highest BCUT2D eigenvalue weighted by atomic mass is 16.1. The predicted octanol–water partition coefficient (Wildman–Crippen LogP) is 4.65. The van der Waals surface area contributed by atoms with Crippen molar-refractivity contribution in [2.75, 3.05) is 7.05 Å². The van der Waals surface area contributed by atoms with E-state index in [0.29, 0.717) is 23.2 Å². The number of hydrogen-bond donors (Lipinski definition) is 2. The Morgan fingerprint density at radius 1 is 1.14 bits per heavy atom. The van der Waals surface area contributed by atoms with Gasteiger partial charge in [-0.1, -0.05) is 49.6 Å². The Bertz CT molecular complexity index is 970. The number of aromatic amines is 1. The summed E-state index contributed by atoms with van der Waals surface area (Å²) >= 11 is 0. The summed E-state index contributed by atoms with van der Waals surface area (Å²) < 4.78 is 0. The van der Waals surface area contributed by atoms with Crippen LogP contribution in [0.15, 0.2) is 42.5 Å². The van der Waals surface area contributed by atoms with Gasteiger partial charge in [-0.15, -0.1) is 0 Å². The number of nitrogens with zero attached hydrogens (tertiary/aromatic N) is 2. The SMILES string of the molecule is CC(c1ccc(-c2nc3c(C(N)=O)cccc3[nH]2)cc1)N(C)C1CCCCC1. The number of para-hydroxylation sites is 1. The molecular formula is C23H28N4O. The first kappa shape index (κ1) is 18.7. The van der Waals surface area contributed by atoms with Crippen LogP contribution in [-0.2, 0) is 0 Å². The van der Waals surface area contributed by atoms with Gasteiger partial charge < -0.3 is 10.7 Å². The lowest BCUT2D eigenvalue weighted by atomic mass is 9.92. The summed E-state index contributed by atoms with van der Waals surface area (Å²) in [5.41, 5.74) is 9.68. The van der Waals surface area contributed by atoms with Gasteiger partial charge in [0.05, 0.1) is 11.1 Å². The average molecular weight is 377 g/mol. The molecule has 1 amide bonds. The minimum atomic E-state index is -0.460. The molecule has 3 aromatic rings. The van der Waals surface area contributed by atoms with Crippen molar-refractivity contribution >= 4 is 16.9 Å². The van der Waals surface area contributed by atoms with Gasteiger partial charge in [-0.3, -0.25) is 9.69 Å². The van der Waals surface area contributed by atoms with Crippen molar-refractivity contribution in [1.82, 2.24) is 14.9 Å². The quantitative estimate of drug-likeness (QED) is 0.680. The molecule has 1 aliphatic rings. The Hall–Kier alpha value is -2.66. The Morgan fingerprint density at radius 2 is 1.86 bits per heavy atom. The lowest BCUT2D eigenvalue weighted by molar-refractivity contribution is 0.100. The molecule has 1 aromatic heterocycles. The third kappa shape index (κ3) is 3.54. The Balaban J connectivity index is 1.57. The van der Waals surface area contributed by atoms with Crippen LogP contribution < -0.4 is 5.73 Å². The van der Waals surface area contributed by atoms with Crippen molar-refractivity contribution < 1.29 is 4.79 Å². The summed E-state index contributed by atoms with van der Waals surface area (Å²) in [4.78, 5) is 22.1. The smallest absolute Gasteiger partial charge is 0.250 e. The summed E-state index contributed by atoms with van der Waals surface area (Å²) in [6.07, 6.45) is 6.68. The number of hydrogen-bond acceptors (Lipinski definition) is 3. The second kappa shape index (κ2) is 7.76. The van der Waals surface area contributed by atoms with Gasteiger partial charge in [0.2, 0.25) is 0 Å². The number of imidazole rings is 1. The topological polar surface area (TPSA) is 75.0 Å². The molecule has 2 aromatic carbocycles. The maximum atomic E-state index is 11.6. The molecule has 1 fully saturated rings. The molecule has 0 saturated heterocycles. The first-order valence-corrected chi connectivity index (χ1v) is 10.2. The van der Waals surface area contributed by atoms with Crippen LogP contribution in [0.25, 0.3) is 22.4 Å². The zero-order valence-electron chi connectivity index (χ0n) is 16.6. The zero-order chi connectivity index (χ0) is 19.7. The van der Waals surface area contributed by atoms with E-state index in [9.17, 15) is 4.79 Å². The maximum Gasteiger partial charge on any atom is 0.250 e. The Labute approximate surface area is 166 Å².